The van der Waals surface area contributed by atoms with Gasteiger partial charge < -0.3 is 0 Å². The normalized spacial score (nSPS) is 10.9. The molecule has 8 heteroatoms. The van der Waals surface area contributed by atoms with Crippen molar-refractivity contribution in [3.63, 3.8) is 0 Å². The van der Waals surface area contributed by atoms with Crippen molar-refractivity contribution in [2.24, 2.45) is 0 Å². The van der Waals surface area contributed by atoms with Gasteiger partial charge in [0.1, 0.15) is 11.6 Å². The zero-order chi connectivity index (χ0) is 12.5. The summed E-state index contributed by atoms with van der Waals surface area (Å²) >= 11 is 2.69. The van der Waals surface area contributed by atoms with Gasteiger partial charge in [-0.25, -0.2) is 0 Å². The molecule has 84 valence electrons. The number of alkyl halides is 3. The molecule has 0 atom stereocenters. The molecule has 0 heterocycles. The van der Waals surface area contributed by atoms with E-state index in [1.54, 1.807) is 0 Å². The van der Waals surface area contributed by atoms with Crippen LogP contribution < -0.4 is 0 Å². The van der Waals surface area contributed by atoms with Gasteiger partial charge in [-0.2, -0.15) is 18.4 Å². The minimum Gasteiger partial charge on any atom is -0.258 e. The molecule has 0 aromatic heterocycles. The number of nitro benzene ring substituents is 1. The average molecular weight is 295 g/mol. The molecule has 0 fully saturated rings. The Morgan fingerprint density at radius 3 is 2.38 bits per heavy atom. The summed E-state index contributed by atoms with van der Waals surface area (Å²) in [7, 11) is 0. The predicted molar refractivity (Wildman–Crippen MR) is 50.5 cm³/mol. The third kappa shape index (κ3) is 2.30. The highest BCUT2D eigenvalue weighted by molar-refractivity contribution is 9.10. The van der Waals surface area contributed by atoms with Crippen LogP contribution in [0.3, 0.4) is 0 Å². The van der Waals surface area contributed by atoms with Crippen molar-refractivity contribution < 1.29 is 18.1 Å². The van der Waals surface area contributed by atoms with E-state index >= 15 is 0 Å². The van der Waals surface area contributed by atoms with Gasteiger partial charge in [0.15, 0.2) is 0 Å². The maximum atomic E-state index is 12.3. The number of halogens is 4. The lowest BCUT2D eigenvalue weighted by molar-refractivity contribution is -0.385. The molecule has 0 aliphatic rings. The Morgan fingerprint density at radius 1 is 1.44 bits per heavy atom. The highest BCUT2D eigenvalue weighted by Gasteiger charge is 2.34. The molecule has 0 radical (unpaired) electrons. The second kappa shape index (κ2) is 4.09. The molecule has 1 aromatic rings. The number of rotatable bonds is 1. The molecular weight excluding hydrogens is 293 g/mol. The minimum absolute atomic E-state index is 0.253. The van der Waals surface area contributed by atoms with Gasteiger partial charge in [-0.15, -0.1) is 0 Å². The van der Waals surface area contributed by atoms with Crippen molar-refractivity contribution in [1.82, 2.24) is 0 Å². The largest absolute Gasteiger partial charge is 0.416 e. The Labute approximate surface area is 95.6 Å². The number of nitrogens with zero attached hydrogens (tertiary/aromatic N) is 2. The smallest absolute Gasteiger partial charge is 0.258 e. The number of nitro groups is 1. The van der Waals surface area contributed by atoms with E-state index in [0.29, 0.717) is 12.1 Å². The fourth-order valence-electron chi connectivity index (χ4n) is 1.01. The van der Waals surface area contributed by atoms with Gasteiger partial charge in [-0.3, -0.25) is 10.1 Å². The van der Waals surface area contributed by atoms with E-state index in [1.165, 1.54) is 6.07 Å². The SMILES string of the molecule is N#Cc1c(Br)cc(C(F)(F)F)cc1[N+](=O)[O-]. The summed E-state index contributed by atoms with van der Waals surface area (Å²) in [5.41, 5.74) is -2.48. The molecule has 0 aliphatic heterocycles. The highest BCUT2D eigenvalue weighted by Crippen LogP contribution is 2.36. The van der Waals surface area contributed by atoms with Gasteiger partial charge in [0.25, 0.3) is 5.69 Å². The zero-order valence-corrected chi connectivity index (χ0v) is 8.96. The summed E-state index contributed by atoms with van der Waals surface area (Å²) in [5, 5.41) is 19.1. The van der Waals surface area contributed by atoms with Crippen LogP contribution in [-0.2, 0) is 6.18 Å². The third-order valence-corrected chi connectivity index (χ3v) is 2.33. The van der Waals surface area contributed by atoms with Crippen LogP contribution in [-0.4, -0.2) is 4.92 Å². The summed E-state index contributed by atoms with van der Waals surface area (Å²) in [4.78, 5) is 9.45. The molecule has 0 aliphatic carbocycles. The number of nitriles is 1. The Balaban J connectivity index is 3.54. The Bertz CT molecular complexity index is 493. The second-order valence-corrected chi connectivity index (χ2v) is 3.57. The molecular formula is C8H2BrF3N2O2. The zero-order valence-electron chi connectivity index (χ0n) is 7.38. The fourth-order valence-corrected chi connectivity index (χ4v) is 1.55. The molecule has 0 amide bonds. The minimum atomic E-state index is -4.69. The molecule has 0 saturated heterocycles. The van der Waals surface area contributed by atoms with Gasteiger partial charge in [0, 0.05) is 10.5 Å². The lowest BCUT2D eigenvalue weighted by Crippen LogP contribution is -2.07. The van der Waals surface area contributed by atoms with Crippen LogP contribution in [0, 0.1) is 21.4 Å². The molecule has 0 N–H and O–H groups in total. The van der Waals surface area contributed by atoms with Gasteiger partial charge in [-0.1, -0.05) is 0 Å². The number of benzene rings is 1. The standard InChI is InChI=1S/C8H2BrF3N2O2/c9-6-1-4(8(10,11)12)2-7(14(15)16)5(6)3-13/h1-2H. The van der Waals surface area contributed by atoms with Crippen molar-refractivity contribution in [3.8, 4) is 6.07 Å². The maximum Gasteiger partial charge on any atom is 0.416 e. The highest BCUT2D eigenvalue weighted by atomic mass is 79.9. The Morgan fingerprint density at radius 2 is 2.00 bits per heavy atom. The Kier molecular flexibility index (Phi) is 3.19. The van der Waals surface area contributed by atoms with Crippen LogP contribution in [0.25, 0.3) is 0 Å². The van der Waals surface area contributed by atoms with E-state index in [4.69, 9.17) is 5.26 Å². The van der Waals surface area contributed by atoms with Crippen molar-refractivity contribution in [2.45, 2.75) is 6.18 Å². The summed E-state index contributed by atoms with van der Waals surface area (Å²) in [5.74, 6) is 0. The fraction of sp³-hybridized carbons (Fsp3) is 0.125. The molecule has 16 heavy (non-hydrogen) atoms. The first-order valence-electron chi connectivity index (χ1n) is 3.72. The first kappa shape index (κ1) is 12.4. The van der Waals surface area contributed by atoms with E-state index in [1.807, 2.05) is 0 Å². The van der Waals surface area contributed by atoms with Gasteiger partial charge in [0.05, 0.1) is 10.5 Å². The van der Waals surface area contributed by atoms with Crippen LogP contribution >= 0.6 is 15.9 Å². The summed E-state index contributed by atoms with van der Waals surface area (Å²) < 4.78 is 36.7. The predicted octanol–water partition coefficient (Wildman–Crippen LogP) is 3.25. The first-order chi connectivity index (χ1) is 7.27. The molecule has 0 unspecified atom stereocenters. The van der Waals surface area contributed by atoms with E-state index in [-0.39, 0.29) is 4.47 Å². The molecule has 0 spiro atoms. The van der Waals surface area contributed by atoms with Crippen molar-refractivity contribution >= 4 is 21.6 Å². The van der Waals surface area contributed by atoms with E-state index < -0.39 is 27.9 Å². The van der Waals surface area contributed by atoms with Crippen molar-refractivity contribution in [3.05, 3.63) is 37.8 Å². The molecule has 4 nitrogen and oxygen atoms in total. The lowest BCUT2D eigenvalue weighted by Gasteiger charge is -2.07. The number of hydrogen-bond acceptors (Lipinski definition) is 3. The summed E-state index contributed by atoms with van der Waals surface area (Å²) in [6.45, 7) is 0. The topological polar surface area (TPSA) is 66.9 Å². The van der Waals surface area contributed by atoms with Gasteiger partial charge in [-0.05, 0) is 22.0 Å². The molecule has 1 aromatic carbocycles. The van der Waals surface area contributed by atoms with Crippen LogP contribution in [0.15, 0.2) is 16.6 Å². The van der Waals surface area contributed by atoms with E-state index in [2.05, 4.69) is 15.9 Å². The van der Waals surface area contributed by atoms with Crippen LogP contribution in [0.2, 0.25) is 0 Å². The van der Waals surface area contributed by atoms with E-state index in [9.17, 15) is 23.3 Å². The summed E-state index contributed by atoms with van der Waals surface area (Å²) in [6, 6.07) is 2.44. The quantitative estimate of drug-likeness (QED) is 0.590. The van der Waals surface area contributed by atoms with Crippen LogP contribution in [0.5, 0.6) is 0 Å². The van der Waals surface area contributed by atoms with Gasteiger partial charge in [0.2, 0.25) is 0 Å². The monoisotopic (exact) mass is 294 g/mol. The first-order valence-corrected chi connectivity index (χ1v) is 4.52. The molecule has 0 saturated carbocycles. The van der Waals surface area contributed by atoms with Gasteiger partial charge >= 0.3 is 6.18 Å². The third-order valence-electron chi connectivity index (χ3n) is 1.71. The Hall–Kier alpha value is -1.62. The van der Waals surface area contributed by atoms with E-state index in [0.717, 1.165) is 0 Å². The lowest BCUT2D eigenvalue weighted by atomic mass is 10.1. The van der Waals surface area contributed by atoms with Crippen molar-refractivity contribution in [1.29, 1.82) is 5.26 Å². The average Bonchev–Trinajstić information content (AvgIpc) is 2.14. The van der Waals surface area contributed by atoms with Crippen molar-refractivity contribution in [2.75, 3.05) is 0 Å². The second-order valence-electron chi connectivity index (χ2n) is 2.72. The molecule has 0 bridgehead atoms. The maximum absolute atomic E-state index is 12.3. The summed E-state index contributed by atoms with van der Waals surface area (Å²) in [6.07, 6.45) is -4.69. The van der Waals surface area contributed by atoms with Crippen LogP contribution in [0.4, 0.5) is 18.9 Å². The van der Waals surface area contributed by atoms with Crippen LogP contribution in [0.1, 0.15) is 11.1 Å². The molecule has 1 rings (SSSR count). The number of hydrogen-bond donors (Lipinski definition) is 0.